The van der Waals surface area contributed by atoms with Crippen LogP contribution >= 0.6 is 23.4 Å². The van der Waals surface area contributed by atoms with E-state index in [9.17, 15) is 5.26 Å². The molecule has 6 heteroatoms. The number of hydrogen-bond donors (Lipinski definition) is 0. The molecule has 3 aromatic carbocycles. The first-order valence-corrected chi connectivity index (χ1v) is 10.5. The molecule has 0 atom stereocenters. The Labute approximate surface area is 178 Å². The molecule has 0 radical (unpaired) electrons. The molecule has 0 aliphatic heterocycles. The van der Waals surface area contributed by atoms with Gasteiger partial charge in [0.25, 0.3) is 0 Å². The molecule has 4 rings (SSSR count). The third-order valence-electron chi connectivity index (χ3n) is 4.51. The van der Waals surface area contributed by atoms with Crippen molar-refractivity contribution in [3.8, 4) is 17.5 Å². The lowest BCUT2D eigenvalue weighted by atomic mass is 10.1. The SMILES string of the molecule is N#Cc1ccccc1CSc1nnc(-c2ccccc2Cl)n1Cc1ccccc1. The Morgan fingerprint density at radius 2 is 1.62 bits per heavy atom. The van der Waals surface area contributed by atoms with Crippen molar-refractivity contribution in [1.29, 1.82) is 5.26 Å². The van der Waals surface area contributed by atoms with E-state index in [-0.39, 0.29) is 0 Å². The predicted molar refractivity (Wildman–Crippen MR) is 117 cm³/mol. The van der Waals surface area contributed by atoms with E-state index in [0.717, 1.165) is 27.7 Å². The number of benzene rings is 3. The fourth-order valence-electron chi connectivity index (χ4n) is 3.04. The molecule has 0 unspecified atom stereocenters. The lowest BCUT2D eigenvalue weighted by Gasteiger charge is -2.11. The van der Waals surface area contributed by atoms with Crippen molar-refractivity contribution in [2.24, 2.45) is 0 Å². The number of nitrogens with zero attached hydrogens (tertiary/aromatic N) is 4. The Morgan fingerprint density at radius 1 is 0.897 bits per heavy atom. The van der Waals surface area contributed by atoms with Gasteiger partial charge >= 0.3 is 0 Å². The molecule has 0 aliphatic carbocycles. The Kier molecular flexibility index (Phi) is 5.95. The normalized spacial score (nSPS) is 10.6. The minimum atomic E-state index is 0.636. The summed E-state index contributed by atoms with van der Waals surface area (Å²) >= 11 is 8.00. The number of halogens is 1. The van der Waals surface area contributed by atoms with Gasteiger partial charge in [0.15, 0.2) is 11.0 Å². The van der Waals surface area contributed by atoms with E-state index in [2.05, 4.69) is 33.0 Å². The first kappa shape index (κ1) is 19.3. The van der Waals surface area contributed by atoms with E-state index >= 15 is 0 Å². The van der Waals surface area contributed by atoms with Crippen molar-refractivity contribution in [1.82, 2.24) is 14.8 Å². The molecule has 0 aliphatic rings. The highest BCUT2D eigenvalue weighted by molar-refractivity contribution is 7.98. The summed E-state index contributed by atoms with van der Waals surface area (Å²) in [6.45, 7) is 0.636. The van der Waals surface area contributed by atoms with Crippen molar-refractivity contribution in [3.63, 3.8) is 0 Å². The highest BCUT2D eigenvalue weighted by Gasteiger charge is 2.17. The van der Waals surface area contributed by atoms with Crippen LogP contribution in [0.1, 0.15) is 16.7 Å². The predicted octanol–water partition coefficient (Wildman–Crippen LogP) is 5.81. The zero-order valence-electron chi connectivity index (χ0n) is 15.5. The van der Waals surface area contributed by atoms with Crippen molar-refractivity contribution in [2.75, 3.05) is 0 Å². The lowest BCUT2D eigenvalue weighted by molar-refractivity contribution is 0.714. The van der Waals surface area contributed by atoms with Gasteiger partial charge < -0.3 is 0 Å². The number of rotatable bonds is 6. The average molecular weight is 417 g/mol. The van der Waals surface area contributed by atoms with E-state index in [1.807, 2.05) is 66.7 Å². The Morgan fingerprint density at radius 3 is 2.41 bits per heavy atom. The summed E-state index contributed by atoms with van der Waals surface area (Å²) in [6.07, 6.45) is 0. The quantitative estimate of drug-likeness (QED) is 0.372. The van der Waals surface area contributed by atoms with Gasteiger partial charge in [-0.25, -0.2) is 0 Å². The number of nitriles is 1. The summed E-state index contributed by atoms with van der Waals surface area (Å²) < 4.78 is 2.08. The maximum atomic E-state index is 9.34. The minimum absolute atomic E-state index is 0.636. The minimum Gasteiger partial charge on any atom is -0.297 e. The zero-order chi connectivity index (χ0) is 20.1. The second-order valence-corrected chi connectivity index (χ2v) is 7.77. The number of thioether (sulfide) groups is 1. The maximum absolute atomic E-state index is 9.34. The summed E-state index contributed by atoms with van der Waals surface area (Å²) in [5.74, 6) is 1.37. The molecule has 0 N–H and O–H groups in total. The van der Waals surface area contributed by atoms with Crippen molar-refractivity contribution in [3.05, 3.63) is 101 Å². The molecule has 1 aromatic heterocycles. The lowest BCUT2D eigenvalue weighted by Crippen LogP contribution is -2.04. The molecule has 0 saturated carbocycles. The van der Waals surface area contributed by atoms with Crippen molar-refractivity contribution < 1.29 is 0 Å². The van der Waals surface area contributed by atoms with E-state index in [0.29, 0.717) is 22.9 Å². The van der Waals surface area contributed by atoms with Gasteiger partial charge in [0.1, 0.15) is 0 Å². The van der Waals surface area contributed by atoms with Gasteiger partial charge in [-0.05, 0) is 29.3 Å². The van der Waals surface area contributed by atoms with Crippen LogP contribution in [0.5, 0.6) is 0 Å². The summed E-state index contributed by atoms with van der Waals surface area (Å²) in [7, 11) is 0. The molecule has 4 aromatic rings. The smallest absolute Gasteiger partial charge is 0.192 e. The molecule has 4 nitrogen and oxygen atoms in total. The topological polar surface area (TPSA) is 54.5 Å². The van der Waals surface area contributed by atoms with Gasteiger partial charge in [-0.15, -0.1) is 10.2 Å². The standard InChI is InChI=1S/C23H17ClN4S/c24-21-13-7-6-12-20(21)22-26-27-23(28(22)15-17-8-2-1-3-9-17)29-16-19-11-5-4-10-18(19)14-25/h1-13H,15-16H2. The Balaban J connectivity index is 1.70. The third kappa shape index (κ3) is 4.34. The first-order valence-electron chi connectivity index (χ1n) is 9.09. The third-order valence-corrected chi connectivity index (χ3v) is 5.85. The fraction of sp³-hybridized carbons (Fsp3) is 0.0870. The second kappa shape index (κ2) is 8.95. The van der Waals surface area contributed by atoms with E-state index in [1.165, 1.54) is 0 Å². The van der Waals surface area contributed by atoms with Crippen LogP contribution in [0.25, 0.3) is 11.4 Å². The maximum Gasteiger partial charge on any atom is 0.192 e. The monoisotopic (exact) mass is 416 g/mol. The van der Waals surface area contributed by atoms with Crippen molar-refractivity contribution in [2.45, 2.75) is 17.5 Å². The molecule has 142 valence electrons. The van der Waals surface area contributed by atoms with Crippen LogP contribution < -0.4 is 0 Å². The summed E-state index contributed by atoms with van der Waals surface area (Å²) in [5.41, 5.74) is 3.66. The van der Waals surface area contributed by atoms with Gasteiger partial charge in [-0.1, -0.05) is 84.0 Å². The number of hydrogen-bond acceptors (Lipinski definition) is 4. The average Bonchev–Trinajstić information content (AvgIpc) is 3.15. The highest BCUT2D eigenvalue weighted by atomic mass is 35.5. The second-order valence-electron chi connectivity index (χ2n) is 6.42. The largest absolute Gasteiger partial charge is 0.297 e. The van der Waals surface area contributed by atoms with Crippen molar-refractivity contribution >= 4 is 23.4 Å². The molecule has 0 spiro atoms. The van der Waals surface area contributed by atoms with E-state index < -0.39 is 0 Å². The zero-order valence-corrected chi connectivity index (χ0v) is 17.1. The summed E-state index contributed by atoms with van der Waals surface area (Å²) in [4.78, 5) is 0. The van der Waals surface area contributed by atoms with Crippen LogP contribution in [-0.2, 0) is 12.3 Å². The Bertz CT molecular complexity index is 1160. The molecular weight excluding hydrogens is 400 g/mol. The van der Waals surface area contributed by atoms with Crippen LogP contribution in [0.15, 0.2) is 84.0 Å². The van der Waals surface area contributed by atoms with Crippen LogP contribution in [0.3, 0.4) is 0 Å². The summed E-state index contributed by atoms with van der Waals surface area (Å²) in [6, 6.07) is 27.7. The Hall–Kier alpha value is -3.07. The van der Waals surface area contributed by atoms with Crippen LogP contribution in [-0.4, -0.2) is 14.8 Å². The van der Waals surface area contributed by atoms with Gasteiger partial charge in [0, 0.05) is 11.3 Å². The van der Waals surface area contributed by atoms with Gasteiger partial charge in [0.05, 0.1) is 23.2 Å². The molecule has 0 amide bonds. The number of aromatic nitrogens is 3. The fourth-order valence-corrected chi connectivity index (χ4v) is 4.21. The first-order chi connectivity index (χ1) is 14.3. The van der Waals surface area contributed by atoms with Gasteiger partial charge in [0.2, 0.25) is 0 Å². The molecule has 0 saturated heterocycles. The molecule has 1 heterocycles. The van der Waals surface area contributed by atoms with E-state index in [1.54, 1.807) is 11.8 Å². The molecular formula is C23H17ClN4S. The molecule has 0 fully saturated rings. The van der Waals surface area contributed by atoms with Crippen LogP contribution in [0.4, 0.5) is 0 Å². The highest BCUT2D eigenvalue weighted by Crippen LogP contribution is 2.31. The van der Waals surface area contributed by atoms with Crippen LogP contribution in [0.2, 0.25) is 5.02 Å². The molecule has 0 bridgehead atoms. The van der Waals surface area contributed by atoms with Crippen LogP contribution in [0, 0.1) is 11.3 Å². The van der Waals surface area contributed by atoms with E-state index in [4.69, 9.17) is 11.6 Å². The molecule has 29 heavy (non-hydrogen) atoms. The van der Waals surface area contributed by atoms with Gasteiger partial charge in [-0.2, -0.15) is 5.26 Å². The summed E-state index contributed by atoms with van der Waals surface area (Å²) in [5, 5.41) is 19.6. The van der Waals surface area contributed by atoms with Gasteiger partial charge in [-0.3, -0.25) is 4.57 Å².